The van der Waals surface area contributed by atoms with Crippen molar-refractivity contribution in [2.24, 2.45) is 0 Å². The van der Waals surface area contributed by atoms with Gasteiger partial charge in [-0.05, 0) is 41.3 Å². The number of amides is 1. The van der Waals surface area contributed by atoms with Crippen LogP contribution in [0.2, 0.25) is 0 Å². The van der Waals surface area contributed by atoms with Crippen LogP contribution in [0.25, 0.3) is 10.6 Å². The molecule has 0 aliphatic carbocycles. The molecule has 1 saturated heterocycles. The van der Waals surface area contributed by atoms with E-state index in [-0.39, 0.29) is 18.1 Å². The number of carbonyl (C=O) groups excluding carboxylic acids is 1. The molecule has 0 unspecified atom stereocenters. The molecule has 9 nitrogen and oxygen atoms in total. The zero-order valence-electron chi connectivity index (χ0n) is 15.2. The minimum Gasteiger partial charge on any atom is -0.369 e. The van der Waals surface area contributed by atoms with Crippen LogP contribution in [-0.4, -0.2) is 60.7 Å². The molecule has 2 aliphatic heterocycles. The number of likely N-dealkylation sites (tertiary alicyclic amines) is 1. The van der Waals surface area contributed by atoms with E-state index in [2.05, 4.69) is 31.6 Å². The van der Waals surface area contributed by atoms with Crippen molar-refractivity contribution in [3.63, 3.8) is 0 Å². The Morgan fingerprint density at radius 3 is 2.93 bits per heavy atom. The fourth-order valence-electron chi connectivity index (χ4n) is 3.95. The summed E-state index contributed by atoms with van der Waals surface area (Å²) < 4.78 is 7.77. The lowest BCUT2D eigenvalue weighted by Crippen LogP contribution is -2.48. The van der Waals surface area contributed by atoms with Gasteiger partial charge in [0.15, 0.2) is 0 Å². The summed E-state index contributed by atoms with van der Waals surface area (Å²) in [6.07, 6.45) is 9.16. The van der Waals surface area contributed by atoms with E-state index in [1.165, 1.54) is 21.4 Å². The lowest BCUT2D eigenvalue weighted by Gasteiger charge is -2.43. The number of rotatable bonds is 3. The molecule has 3 aromatic rings. The Kier molecular flexibility index (Phi) is 4.36. The summed E-state index contributed by atoms with van der Waals surface area (Å²) in [5.74, 6) is 0.0320. The van der Waals surface area contributed by atoms with E-state index in [4.69, 9.17) is 4.74 Å². The molecule has 0 bridgehead atoms. The van der Waals surface area contributed by atoms with E-state index >= 15 is 0 Å². The molecule has 0 atom stereocenters. The zero-order chi connectivity index (χ0) is 19.0. The summed E-state index contributed by atoms with van der Waals surface area (Å²) in [5.41, 5.74) is 1.93. The summed E-state index contributed by atoms with van der Waals surface area (Å²) in [6, 6.07) is 2.23. The number of ether oxygens (including phenoxy) is 1. The SMILES string of the molecule is O=C(Cn1cnnn1)N1CCC2(CC1)OCCc1cc(-c3cnccn3)sc12. The van der Waals surface area contributed by atoms with Crippen LogP contribution in [-0.2, 0) is 28.1 Å². The van der Waals surface area contributed by atoms with Gasteiger partial charge in [0.05, 0.1) is 23.4 Å². The predicted octanol–water partition coefficient (Wildman–Crippen LogP) is 1.28. The molecule has 10 heteroatoms. The molecule has 28 heavy (non-hydrogen) atoms. The molecule has 5 heterocycles. The Hall–Kier alpha value is -2.72. The van der Waals surface area contributed by atoms with E-state index in [0.717, 1.165) is 29.8 Å². The maximum atomic E-state index is 12.5. The highest BCUT2D eigenvalue weighted by Crippen LogP contribution is 2.47. The van der Waals surface area contributed by atoms with Crippen molar-refractivity contribution in [1.29, 1.82) is 0 Å². The number of aromatic nitrogens is 6. The zero-order valence-corrected chi connectivity index (χ0v) is 16.0. The molecule has 144 valence electrons. The van der Waals surface area contributed by atoms with Crippen molar-refractivity contribution in [2.45, 2.75) is 31.4 Å². The number of piperidine rings is 1. The Morgan fingerprint density at radius 1 is 1.29 bits per heavy atom. The Labute approximate surface area is 165 Å². The van der Waals surface area contributed by atoms with Crippen LogP contribution < -0.4 is 0 Å². The van der Waals surface area contributed by atoms with Gasteiger partial charge in [-0.1, -0.05) is 0 Å². The van der Waals surface area contributed by atoms with Gasteiger partial charge < -0.3 is 9.64 Å². The van der Waals surface area contributed by atoms with Crippen LogP contribution in [0.1, 0.15) is 23.3 Å². The summed E-state index contributed by atoms with van der Waals surface area (Å²) in [6.45, 7) is 2.21. The van der Waals surface area contributed by atoms with Crippen LogP contribution >= 0.6 is 11.3 Å². The van der Waals surface area contributed by atoms with Crippen molar-refractivity contribution in [1.82, 2.24) is 35.1 Å². The van der Waals surface area contributed by atoms with Crippen molar-refractivity contribution < 1.29 is 9.53 Å². The molecular formula is C18H19N7O2S. The lowest BCUT2D eigenvalue weighted by molar-refractivity contribution is -0.141. The van der Waals surface area contributed by atoms with Gasteiger partial charge >= 0.3 is 0 Å². The molecule has 0 aromatic carbocycles. The Morgan fingerprint density at radius 2 is 2.18 bits per heavy atom. The highest BCUT2D eigenvalue weighted by Gasteiger charge is 2.43. The molecule has 1 amide bonds. The highest BCUT2D eigenvalue weighted by atomic mass is 32.1. The first-order valence-electron chi connectivity index (χ1n) is 9.26. The molecule has 3 aromatic heterocycles. The maximum Gasteiger partial charge on any atom is 0.244 e. The summed E-state index contributed by atoms with van der Waals surface area (Å²) in [7, 11) is 0. The monoisotopic (exact) mass is 397 g/mol. The van der Waals surface area contributed by atoms with Gasteiger partial charge in [0.25, 0.3) is 0 Å². The molecule has 1 fully saturated rings. The van der Waals surface area contributed by atoms with E-state index in [0.29, 0.717) is 19.7 Å². The second kappa shape index (κ2) is 7.02. The van der Waals surface area contributed by atoms with Crippen molar-refractivity contribution >= 4 is 17.2 Å². The molecular weight excluding hydrogens is 378 g/mol. The fourth-order valence-corrected chi connectivity index (χ4v) is 5.33. The van der Waals surface area contributed by atoms with E-state index in [1.807, 2.05) is 4.90 Å². The van der Waals surface area contributed by atoms with Gasteiger partial charge in [0, 0.05) is 30.4 Å². The minimum atomic E-state index is -0.301. The van der Waals surface area contributed by atoms with Gasteiger partial charge in [0.1, 0.15) is 18.5 Å². The van der Waals surface area contributed by atoms with Crippen molar-refractivity contribution in [2.75, 3.05) is 19.7 Å². The number of hydrogen-bond donors (Lipinski definition) is 0. The average molecular weight is 397 g/mol. The third-order valence-electron chi connectivity index (χ3n) is 5.40. The largest absolute Gasteiger partial charge is 0.369 e. The quantitative estimate of drug-likeness (QED) is 0.656. The van der Waals surface area contributed by atoms with Crippen molar-refractivity contribution in [3.8, 4) is 10.6 Å². The number of carbonyl (C=O) groups is 1. The fraction of sp³-hybridized carbons (Fsp3) is 0.444. The topological polar surface area (TPSA) is 98.9 Å². The van der Waals surface area contributed by atoms with Gasteiger partial charge in [-0.25, -0.2) is 4.68 Å². The van der Waals surface area contributed by atoms with Crippen LogP contribution in [0.3, 0.4) is 0 Å². The Balaban J connectivity index is 1.34. The van der Waals surface area contributed by atoms with Crippen molar-refractivity contribution in [3.05, 3.63) is 41.4 Å². The molecule has 2 aliphatic rings. The number of tetrazole rings is 1. The summed E-state index contributed by atoms with van der Waals surface area (Å²) in [5, 5.41) is 10.9. The third-order valence-corrected chi connectivity index (χ3v) is 6.79. The van der Waals surface area contributed by atoms with Crippen LogP contribution in [0, 0.1) is 0 Å². The first-order valence-corrected chi connectivity index (χ1v) is 10.1. The minimum absolute atomic E-state index is 0.0320. The number of nitrogens with zero attached hydrogens (tertiary/aromatic N) is 7. The average Bonchev–Trinajstić information content (AvgIpc) is 3.40. The Bertz CT molecular complexity index is 965. The lowest BCUT2D eigenvalue weighted by atomic mass is 9.85. The predicted molar refractivity (Wildman–Crippen MR) is 100 cm³/mol. The molecule has 0 radical (unpaired) electrons. The maximum absolute atomic E-state index is 12.5. The molecule has 1 spiro atoms. The second-order valence-corrected chi connectivity index (χ2v) is 8.09. The first kappa shape index (κ1) is 17.4. The van der Waals surface area contributed by atoms with Crippen LogP contribution in [0.4, 0.5) is 0 Å². The van der Waals surface area contributed by atoms with E-state index in [9.17, 15) is 4.79 Å². The van der Waals surface area contributed by atoms with Gasteiger partial charge in [-0.2, -0.15) is 0 Å². The summed E-state index contributed by atoms with van der Waals surface area (Å²) >= 11 is 1.75. The number of fused-ring (bicyclic) bond motifs is 2. The van der Waals surface area contributed by atoms with E-state index < -0.39 is 0 Å². The van der Waals surface area contributed by atoms with Crippen LogP contribution in [0.15, 0.2) is 31.0 Å². The number of hydrogen-bond acceptors (Lipinski definition) is 8. The van der Waals surface area contributed by atoms with Gasteiger partial charge in [-0.3, -0.25) is 14.8 Å². The first-order chi connectivity index (χ1) is 13.7. The highest BCUT2D eigenvalue weighted by molar-refractivity contribution is 7.15. The molecule has 0 N–H and O–H groups in total. The molecule has 0 saturated carbocycles. The standard InChI is InChI=1S/C18H19N7O2S/c26-16(11-25-12-21-22-23-25)24-6-2-18(3-7-24)17-13(1-8-27-18)9-15(28-17)14-10-19-4-5-20-14/h4-5,9-10,12H,1-3,6-8,11H2. The van der Waals surface area contributed by atoms with Gasteiger partial charge in [-0.15, -0.1) is 16.4 Å². The third kappa shape index (κ3) is 3.08. The normalized spacial score (nSPS) is 18.2. The summed E-state index contributed by atoms with van der Waals surface area (Å²) in [4.78, 5) is 25.4. The second-order valence-electron chi connectivity index (χ2n) is 7.04. The van der Waals surface area contributed by atoms with Crippen LogP contribution in [0.5, 0.6) is 0 Å². The van der Waals surface area contributed by atoms with E-state index in [1.54, 1.807) is 29.9 Å². The van der Waals surface area contributed by atoms with Gasteiger partial charge in [0.2, 0.25) is 5.91 Å². The molecule has 5 rings (SSSR count). The smallest absolute Gasteiger partial charge is 0.244 e. The number of thiophene rings is 1.